The Kier molecular flexibility index (Phi) is 4.52. The number of hydrogen-bond donors (Lipinski definition) is 1. The molecule has 2 fully saturated rings. The molecule has 5 nitrogen and oxygen atoms in total. The van der Waals surface area contributed by atoms with Gasteiger partial charge in [-0.05, 0) is 33.1 Å². The molecule has 1 amide bonds. The molecule has 0 radical (unpaired) electrons. The first kappa shape index (κ1) is 15.5. The summed E-state index contributed by atoms with van der Waals surface area (Å²) in [5.74, 6) is 0.782. The first-order valence-corrected chi connectivity index (χ1v) is 8.47. The van der Waals surface area contributed by atoms with Crippen molar-refractivity contribution < 1.29 is 14.1 Å². The zero-order valence-corrected chi connectivity index (χ0v) is 13.6. The van der Waals surface area contributed by atoms with Crippen LogP contribution in [0.1, 0.15) is 56.9 Å². The minimum atomic E-state index is 0.0400. The zero-order valence-electron chi connectivity index (χ0n) is 13.6. The van der Waals surface area contributed by atoms with E-state index in [1.54, 1.807) is 0 Å². The van der Waals surface area contributed by atoms with E-state index in [1.165, 1.54) is 32.1 Å². The van der Waals surface area contributed by atoms with Gasteiger partial charge in [0.2, 0.25) is 5.91 Å². The van der Waals surface area contributed by atoms with Crippen molar-refractivity contribution in [3.05, 3.63) is 17.5 Å². The van der Waals surface area contributed by atoms with Gasteiger partial charge in [0, 0.05) is 24.1 Å². The lowest BCUT2D eigenvalue weighted by Crippen LogP contribution is -2.65. The molecule has 1 spiro atoms. The third-order valence-electron chi connectivity index (χ3n) is 5.29. The molecule has 2 atom stereocenters. The van der Waals surface area contributed by atoms with Crippen molar-refractivity contribution in [2.75, 3.05) is 6.61 Å². The average molecular weight is 306 g/mol. The van der Waals surface area contributed by atoms with E-state index in [0.717, 1.165) is 18.8 Å². The van der Waals surface area contributed by atoms with Crippen LogP contribution in [-0.2, 0) is 16.0 Å². The summed E-state index contributed by atoms with van der Waals surface area (Å²) < 4.78 is 10.9. The van der Waals surface area contributed by atoms with Crippen LogP contribution in [0, 0.1) is 12.3 Å². The highest BCUT2D eigenvalue weighted by atomic mass is 16.5. The zero-order chi connectivity index (χ0) is 15.6. The molecule has 5 heteroatoms. The number of ether oxygens (including phenoxy) is 1. The van der Waals surface area contributed by atoms with Gasteiger partial charge in [-0.15, -0.1) is 0 Å². The van der Waals surface area contributed by atoms with Crippen LogP contribution in [0.5, 0.6) is 0 Å². The molecule has 122 valence electrons. The minimum Gasteiger partial charge on any atom is -0.378 e. The van der Waals surface area contributed by atoms with E-state index in [9.17, 15) is 4.79 Å². The fraction of sp³-hybridized carbons (Fsp3) is 0.765. The van der Waals surface area contributed by atoms with Crippen molar-refractivity contribution in [2.24, 2.45) is 5.41 Å². The molecule has 1 N–H and O–H groups in total. The lowest BCUT2D eigenvalue weighted by Gasteiger charge is -2.57. The SMILES string of the molecule is CCO[C@H]1C[C@H](NC(=O)Cc2cc(C)on2)C12CCCCC2. The van der Waals surface area contributed by atoms with Gasteiger partial charge in [0.25, 0.3) is 0 Å². The first-order valence-electron chi connectivity index (χ1n) is 8.47. The third-order valence-corrected chi connectivity index (χ3v) is 5.29. The highest BCUT2D eigenvalue weighted by molar-refractivity contribution is 5.78. The summed E-state index contributed by atoms with van der Waals surface area (Å²) in [6.45, 7) is 4.64. The van der Waals surface area contributed by atoms with Gasteiger partial charge < -0.3 is 14.6 Å². The summed E-state index contributed by atoms with van der Waals surface area (Å²) in [7, 11) is 0. The number of carbonyl (C=O) groups excluding carboxylic acids is 1. The second kappa shape index (κ2) is 6.41. The van der Waals surface area contributed by atoms with Gasteiger partial charge in [-0.1, -0.05) is 24.4 Å². The number of carbonyl (C=O) groups is 1. The predicted molar refractivity (Wildman–Crippen MR) is 82.4 cm³/mol. The quantitative estimate of drug-likeness (QED) is 0.908. The lowest BCUT2D eigenvalue weighted by atomic mass is 9.55. The highest BCUT2D eigenvalue weighted by Gasteiger charge is 2.56. The molecule has 0 saturated heterocycles. The van der Waals surface area contributed by atoms with Crippen molar-refractivity contribution in [3.63, 3.8) is 0 Å². The van der Waals surface area contributed by atoms with Crippen molar-refractivity contribution in [1.29, 1.82) is 0 Å². The van der Waals surface area contributed by atoms with Crippen LogP contribution < -0.4 is 5.32 Å². The van der Waals surface area contributed by atoms with Crippen LogP contribution >= 0.6 is 0 Å². The molecule has 22 heavy (non-hydrogen) atoms. The Hall–Kier alpha value is -1.36. The Morgan fingerprint density at radius 3 is 2.86 bits per heavy atom. The number of hydrogen-bond acceptors (Lipinski definition) is 4. The van der Waals surface area contributed by atoms with E-state index >= 15 is 0 Å². The Labute approximate surface area is 131 Å². The summed E-state index contributed by atoms with van der Waals surface area (Å²) in [6, 6.07) is 2.07. The molecule has 3 rings (SSSR count). The molecule has 1 aromatic rings. The molecule has 0 aliphatic heterocycles. The molecular formula is C17H26N2O3. The van der Waals surface area contributed by atoms with E-state index < -0.39 is 0 Å². The summed E-state index contributed by atoms with van der Waals surface area (Å²) in [6.07, 6.45) is 7.70. The molecule has 2 saturated carbocycles. The average Bonchev–Trinajstić information content (AvgIpc) is 2.92. The minimum absolute atomic E-state index is 0.0400. The lowest BCUT2D eigenvalue weighted by molar-refractivity contribution is -0.156. The van der Waals surface area contributed by atoms with Crippen LogP contribution in [0.3, 0.4) is 0 Å². The standard InChI is InChI=1S/C17H26N2O3/c1-3-21-15-11-14(17(15)7-5-4-6-8-17)18-16(20)10-13-9-12(2)22-19-13/h9,14-15H,3-8,10-11H2,1-2H3,(H,18,20)/t14-,15-/m0/s1. The maximum Gasteiger partial charge on any atom is 0.226 e. The number of nitrogens with one attached hydrogen (secondary N) is 1. The van der Waals surface area contributed by atoms with Gasteiger partial charge in [-0.3, -0.25) is 4.79 Å². The van der Waals surface area contributed by atoms with Gasteiger partial charge in [0.15, 0.2) is 0 Å². The summed E-state index contributed by atoms with van der Waals surface area (Å²) >= 11 is 0. The number of nitrogens with zero attached hydrogens (tertiary/aromatic N) is 1. The van der Waals surface area contributed by atoms with Crippen LogP contribution in [-0.4, -0.2) is 29.8 Å². The van der Waals surface area contributed by atoms with E-state index in [-0.39, 0.29) is 17.4 Å². The van der Waals surface area contributed by atoms with Gasteiger partial charge in [0.05, 0.1) is 18.2 Å². The topological polar surface area (TPSA) is 64.4 Å². The molecule has 0 unspecified atom stereocenters. The van der Waals surface area contributed by atoms with Crippen LogP contribution in [0.25, 0.3) is 0 Å². The van der Waals surface area contributed by atoms with E-state index in [0.29, 0.717) is 18.2 Å². The van der Waals surface area contributed by atoms with Crippen molar-refractivity contribution in [3.8, 4) is 0 Å². The monoisotopic (exact) mass is 306 g/mol. The Balaban J connectivity index is 1.60. The highest BCUT2D eigenvalue weighted by Crippen LogP contribution is 2.53. The van der Waals surface area contributed by atoms with Crippen molar-refractivity contribution in [1.82, 2.24) is 10.5 Å². The van der Waals surface area contributed by atoms with Crippen molar-refractivity contribution >= 4 is 5.91 Å². The molecule has 0 aromatic carbocycles. The van der Waals surface area contributed by atoms with E-state index in [4.69, 9.17) is 9.26 Å². The summed E-state index contributed by atoms with van der Waals surface area (Å²) in [5, 5.41) is 7.12. The summed E-state index contributed by atoms with van der Waals surface area (Å²) in [5.41, 5.74) is 0.872. The number of rotatable bonds is 5. The van der Waals surface area contributed by atoms with Crippen LogP contribution in [0.2, 0.25) is 0 Å². The molecule has 1 aromatic heterocycles. The normalized spacial score (nSPS) is 26.6. The summed E-state index contributed by atoms with van der Waals surface area (Å²) in [4.78, 5) is 12.3. The molecule has 2 aliphatic carbocycles. The van der Waals surface area contributed by atoms with Gasteiger partial charge in [-0.25, -0.2) is 0 Å². The maximum atomic E-state index is 12.3. The number of aryl methyl sites for hydroxylation is 1. The molecule has 1 heterocycles. The fourth-order valence-electron chi connectivity index (χ4n) is 4.18. The largest absolute Gasteiger partial charge is 0.378 e. The Morgan fingerprint density at radius 1 is 1.45 bits per heavy atom. The van der Waals surface area contributed by atoms with E-state index in [1.807, 2.05) is 13.0 Å². The maximum absolute atomic E-state index is 12.3. The number of aromatic nitrogens is 1. The Bertz CT molecular complexity index is 520. The van der Waals surface area contributed by atoms with Gasteiger partial charge >= 0.3 is 0 Å². The smallest absolute Gasteiger partial charge is 0.226 e. The molecule has 2 aliphatic rings. The first-order chi connectivity index (χ1) is 10.6. The molecule has 0 bridgehead atoms. The second-order valence-electron chi connectivity index (χ2n) is 6.70. The fourth-order valence-corrected chi connectivity index (χ4v) is 4.18. The van der Waals surface area contributed by atoms with E-state index in [2.05, 4.69) is 17.4 Å². The van der Waals surface area contributed by atoms with Gasteiger partial charge in [0.1, 0.15) is 5.76 Å². The molecular weight excluding hydrogens is 280 g/mol. The van der Waals surface area contributed by atoms with Crippen LogP contribution in [0.4, 0.5) is 0 Å². The second-order valence-corrected chi connectivity index (χ2v) is 6.70. The van der Waals surface area contributed by atoms with Crippen molar-refractivity contribution in [2.45, 2.75) is 70.9 Å². The predicted octanol–water partition coefficient (Wildman–Crippen LogP) is 2.77. The van der Waals surface area contributed by atoms with Crippen LogP contribution in [0.15, 0.2) is 10.6 Å². The number of amides is 1. The van der Waals surface area contributed by atoms with Gasteiger partial charge in [-0.2, -0.15) is 0 Å². The Morgan fingerprint density at radius 2 is 2.23 bits per heavy atom. The third kappa shape index (κ3) is 2.91.